The molecule has 66 heavy (non-hydrogen) atoms. The van der Waals surface area contributed by atoms with Gasteiger partial charge in [0.2, 0.25) is 11.4 Å². The minimum absolute atomic E-state index is 1.04. The second-order valence-corrected chi connectivity index (χ2v) is 21.7. The van der Waals surface area contributed by atoms with Crippen molar-refractivity contribution in [3.63, 3.8) is 0 Å². The van der Waals surface area contributed by atoms with E-state index >= 15 is 0 Å². The van der Waals surface area contributed by atoms with Gasteiger partial charge in [0, 0.05) is 22.3 Å². The van der Waals surface area contributed by atoms with Crippen LogP contribution in [0.4, 0.5) is 0 Å². The molecule has 0 unspecified atom stereocenters. The van der Waals surface area contributed by atoms with Gasteiger partial charge in [0.1, 0.15) is 0 Å². The summed E-state index contributed by atoms with van der Waals surface area (Å²) in [7, 11) is 0. The second-order valence-electron chi connectivity index (χ2n) is 19.8. The monoisotopic (exact) mass is 951 g/mol. The Morgan fingerprint density at radius 2 is 0.561 bits per heavy atom. The third-order valence-corrected chi connectivity index (χ3v) is 15.1. The molecule has 0 N–H and O–H groups in total. The van der Waals surface area contributed by atoms with Crippen molar-refractivity contribution in [3.8, 4) is 0 Å². The molecule has 2 aromatic carbocycles. The van der Waals surface area contributed by atoms with Gasteiger partial charge < -0.3 is 5.53 Å². The Labute approximate surface area is 418 Å². The van der Waals surface area contributed by atoms with Crippen LogP contribution in [0.15, 0.2) is 35.4 Å². The fraction of sp³-hybridized carbons (Fsp3) is 0.746. The number of rotatable bonds is 39. The van der Waals surface area contributed by atoms with E-state index in [1.165, 1.54) is 219 Å². The van der Waals surface area contributed by atoms with Crippen molar-refractivity contribution >= 4 is 11.4 Å². The summed E-state index contributed by atoms with van der Waals surface area (Å²) in [5.74, 6) is 0. The van der Waals surface area contributed by atoms with E-state index in [4.69, 9.17) is 0 Å². The quantitative estimate of drug-likeness (QED) is 0.0363. The van der Waals surface area contributed by atoms with Crippen LogP contribution in [-0.2, 0) is 53.0 Å². The van der Waals surface area contributed by atoms with Gasteiger partial charge in [0.25, 0.3) is 0 Å². The summed E-state index contributed by atoms with van der Waals surface area (Å²) in [6.07, 6.45) is 43.3. The molecule has 2 nitrogen and oxygen atoms in total. The average Bonchev–Trinajstić information content (AvgIpc) is 3.59. The number of aryl methyl sites for hydroxylation is 4. The molecule has 0 fully saturated rings. The third-order valence-electron chi connectivity index (χ3n) is 14.2. The van der Waals surface area contributed by atoms with Gasteiger partial charge in [0.15, 0.2) is 0 Å². The number of unbranched alkanes of at least 4 members (excludes halogenated alkanes) is 19. The fourth-order valence-corrected chi connectivity index (χ4v) is 10.8. The average molecular weight is 952 g/mol. The molecule has 3 rings (SSSR count). The van der Waals surface area contributed by atoms with E-state index in [-0.39, 0.29) is 0 Å². The Bertz CT molecular complexity index is 1580. The van der Waals surface area contributed by atoms with Crippen molar-refractivity contribution in [2.45, 2.75) is 305 Å². The van der Waals surface area contributed by atoms with E-state index in [1.807, 2.05) is 14.4 Å². The van der Waals surface area contributed by atoms with Crippen LogP contribution in [-0.4, -0.2) is 4.70 Å². The molecule has 0 aliphatic carbocycles. The molecule has 0 aromatic heterocycles. The molecule has 0 radical (unpaired) electrons. The molecule has 0 saturated heterocycles. The van der Waals surface area contributed by atoms with Crippen molar-refractivity contribution in [1.82, 2.24) is 0 Å². The Balaban J connectivity index is 0.00000283. The molecule has 1 aliphatic rings. The molecule has 1 aliphatic heterocycles. The first-order chi connectivity index (χ1) is 32.3. The normalized spacial score (nSPS) is 12.8. The van der Waals surface area contributed by atoms with Crippen molar-refractivity contribution < 1.29 is 19.1 Å². The summed E-state index contributed by atoms with van der Waals surface area (Å²) in [6.45, 7) is 23.1. The number of allylic oxidation sites excluding steroid dienone is 2. The van der Waals surface area contributed by atoms with Gasteiger partial charge in [-0.15, -0.1) is 0 Å². The fourth-order valence-electron chi connectivity index (χ4n) is 10.3. The van der Waals surface area contributed by atoms with Crippen LogP contribution in [0.5, 0.6) is 0 Å². The first-order valence-corrected chi connectivity index (χ1v) is 30.5. The van der Waals surface area contributed by atoms with E-state index in [0.29, 0.717) is 0 Å². The Morgan fingerprint density at radius 1 is 0.318 bits per heavy atom. The van der Waals surface area contributed by atoms with E-state index in [9.17, 15) is 5.53 Å². The number of benzene rings is 2. The zero-order valence-electron chi connectivity index (χ0n) is 45.7. The Hall–Kier alpha value is -1.99. The molecule has 3 heteroatoms. The Kier molecular flexibility index (Phi) is 35.4. The first kappa shape index (κ1) is 60.1. The maximum absolute atomic E-state index is 13.1. The molecule has 1 heterocycles. The number of nitrogens with zero attached hydrogens (tertiary/aromatic N) is 2. The van der Waals surface area contributed by atoms with Crippen LogP contribution >= 0.6 is 0 Å². The van der Waals surface area contributed by atoms with E-state index < -0.39 is 0 Å². The summed E-state index contributed by atoms with van der Waals surface area (Å²) in [6, 6.07) is 10.3. The Morgan fingerprint density at radius 3 is 0.833 bits per heavy atom. The molecule has 380 valence electrons. The van der Waals surface area contributed by atoms with Crippen LogP contribution in [0.1, 0.15) is 300 Å². The zero-order chi connectivity index (χ0) is 48.2. The van der Waals surface area contributed by atoms with Crippen LogP contribution in [0, 0.1) is 0 Å². The van der Waals surface area contributed by atoms with Crippen molar-refractivity contribution in [3.05, 3.63) is 85.5 Å². The molecule has 0 amide bonds. The predicted octanol–water partition coefficient (Wildman–Crippen LogP) is 21.5. The van der Waals surface area contributed by atoms with Crippen molar-refractivity contribution in [2.24, 2.45) is 0 Å². The SMILES string of the molecule is CCCCCCc1cc(C2=C(CCCCC)C(CCCCC)=C(c3cc(CCCCC)c(CCCCC)c(CCCCC)c3)[N+]2=[N-])cc(CCCCCC)c1CCCCCC.C[CH2][Ni][CH2]C. The summed E-state index contributed by atoms with van der Waals surface area (Å²) >= 11 is 1.82. The van der Waals surface area contributed by atoms with Gasteiger partial charge in [-0.3, -0.25) is 0 Å². The van der Waals surface area contributed by atoms with Gasteiger partial charge in [-0.1, -0.05) is 177 Å². The van der Waals surface area contributed by atoms with Crippen LogP contribution in [0.2, 0.25) is 10.8 Å². The molecular weight excluding hydrogens is 843 g/mol. The molecule has 2 aromatic rings. The second kappa shape index (κ2) is 38.8. The van der Waals surface area contributed by atoms with E-state index in [2.05, 4.69) is 93.5 Å². The summed E-state index contributed by atoms with van der Waals surface area (Å²) in [4.78, 5) is 0. The van der Waals surface area contributed by atoms with Gasteiger partial charge in [-0.05, 0) is 160 Å². The first-order valence-electron chi connectivity index (χ1n) is 29.1. The van der Waals surface area contributed by atoms with Crippen LogP contribution in [0.25, 0.3) is 16.9 Å². The number of hydrogen-bond acceptors (Lipinski definition) is 0. The molecule has 0 spiro atoms. The summed E-state index contributed by atoms with van der Waals surface area (Å²) in [5.41, 5.74) is 30.4. The van der Waals surface area contributed by atoms with Gasteiger partial charge in [0.05, 0.1) is 0 Å². The van der Waals surface area contributed by atoms with Crippen molar-refractivity contribution in [2.75, 3.05) is 0 Å². The van der Waals surface area contributed by atoms with Gasteiger partial charge >= 0.3 is 39.1 Å². The van der Waals surface area contributed by atoms with E-state index in [0.717, 1.165) is 49.9 Å². The maximum atomic E-state index is 13.1. The standard InChI is InChI=1S/C59H98N2.2C2H5.Ni/c1-9-17-25-33-38-50-46-53(47-51(39-34-26-18-10-2)55(50)41-35-27-19-11-3)59-57(43-32-24-16-8)56(42-31-23-15-7)58(61(59)60)52-44-48(36-28-20-12-4)54(40-30-22-14-6)49(45-52)37-29-21-13-5;2*1-2;/h44-47H,9-43H2,1-8H3;2*1H2,2H3;. The minimum atomic E-state index is 1.04. The third kappa shape index (κ3) is 21.8. The topological polar surface area (TPSA) is 25.3 Å². The van der Waals surface area contributed by atoms with Crippen molar-refractivity contribution in [1.29, 1.82) is 0 Å². The zero-order valence-corrected chi connectivity index (χ0v) is 46.7. The van der Waals surface area contributed by atoms with Crippen LogP contribution < -0.4 is 0 Å². The van der Waals surface area contributed by atoms with E-state index in [1.54, 1.807) is 38.1 Å². The van der Waals surface area contributed by atoms with Gasteiger partial charge in [-0.2, -0.15) is 0 Å². The summed E-state index contributed by atoms with van der Waals surface area (Å²) in [5, 5.41) is 2.56. The number of hydrogen-bond donors (Lipinski definition) is 0. The molecule has 0 bridgehead atoms. The van der Waals surface area contributed by atoms with Gasteiger partial charge in [-0.25, -0.2) is 4.70 Å². The molecular formula is C63H108N2Ni. The molecule has 0 atom stereocenters. The summed E-state index contributed by atoms with van der Waals surface area (Å²) < 4.78 is 1.76. The molecule has 0 saturated carbocycles. The van der Waals surface area contributed by atoms with Crippen LogP contribution in [0.3, 0.4) is 0 Å². The predicted molar refractivity (Wildman–Crippen MR) is 293 cm³/mol.